The number of hydrogen-bond donors (Lipinski definition) is 0. The summed E-state index contributed by atoms with van der Waals surface area (Å²) >= 11 is 12.1. The van der Waals surface area contributed by atoms with Gasteiger partial charge in [0.15, 0.2) is 0 Å². The molecule has 3 heteroatoms. The van der Waals surface area contributed by atoms with Crippen molar-refractivity contribution >= 4 is 34.1 Å². The van der Waals surface area contributed by atoms with Crippen LogP contribution < -0.4 is 0 Å². The van der Waals surface area contributed by atoms with Gasteiger partial charge in [0.25, 0.3) is 0 Å². The van der Waals surface area contributed by atoms with E-state index in [9.17, 15) is 0 Å². The second kappa shape index (κ2) is 3.99. The zero-order valence-corrected chi connectivity index (χ0v) is 10.2. The van der Waals surface area contributed by atoms with Gasteiger partial charge in [0.1, 0.15) is 5.15 Å². The molecule has 1 aromatic carbocycles. The number of halogens is 2. The molecule has 0 saturated carbocycles. The van der Waals surface area contributed by atoms with Crippen LogP contribution in [-0.4, -0.2) is 4.98 Å². The molecule has 0 radical (unpaired) electrons. The predicted molar refractivity (Wildman–Crippen MR) is 65.9 cm³/mol. The first-order chi connectivity index (χ1) is 7.11. The first-order valence-electron chi connectivity index (χ1n) is 4.87. The summed E-state index contributed by atoms with van der Waals surface area (Å²) in [6, 6.07) is 5.88. The molecule has 0 unspecified atom stereocenters. The highest BCUT2D eigenvalue weighted by atomic mass is 35.5. The molecule has 1 aromatic heterocycles. The highest BCUT2D eigenvalue weighted by Gasteiger charge is 2.06. The van der Waals surface area contributed by atoms with Gasteiger partial charge in [-0.3, -0.25) is 0 Å². The van der Waals surface area contributed by atoms with Gasteiger partial charge in [-0.2, -0.15) is 0 Å². The molecule has 0 atom stereocenters. The van der Waals surface area contributed by atoms with Crippen LogP contribution in [0.4, 0.5) is 0 Å². The molecule has 0 aliphatic heterocycles. The monoisotopic (exact) mass is 239 g/mol. The summed E-state index contributed by atoms with van der Waals surface area (Å²) in [5.41, 5.74) is 3.05. The second-order valence-corrected chi connectivity index (χ2v) is 4.38. The lowest BCUT2D eigenvalue weighted by molar-refractivity contribution is 1.12. The molecular weight excluding hydrogens is 229 g/mol. The molecule has 2 rings (SSSR count). The zero-order valence-electron chi connectivity index (χ0n) is 8.64. The molecule has 1 heterocycles. The third-order valence-corrected chi connectivity index (χ3v) is 3.03. The maximum absolute atomic E-state index is 6.07. The molecule has 0 bridgehead atoms. The van der Waals surface area contributed by atoms with Gasteiger partial charge in [-0.15, -0.1) is 0 Å². The van der Waals surface area contributed by atoms with Gasteiger partial charge < -0.3 is 0 Å². The number of pyridine rings is 1. The quantitative estimate of drug-likeness (QED) is 0.672. The molecule has 0 aliphatic carbocycles. The lowest BCUT2D eigenvalue weighted by Gasteiger charge is -2.06. The van der Waals surface area contributed by atoms with E-state index in [-0.39, 0.29) is 0 Å². The van der Waals surface area contributed by atoms with E-state index in [0.29, 0.717) is 5.15 Å². The summed E-state index contributed by atoms with van der Waals surface area (Å²) in [5.74, 6) is 0. The van der Waals surface area contributed by atoms with Gasteiger partial charge in [0, 0.05) is 10.4 Å². The Morgan fingerprint density at radius 2 is 1.93 bits per heavy atom. The van der Waals surface area contributed by atoms with Crippen LogP contribution in [0.5, 0.6) is 0 Å². The number of aryl methyl sites for hydroxylation is 2. The molecular formula is C12H11Cl2N. The highest BCUT2D eigenvalue weighted by molar-refractivity contribution is 6.32. The van der Waals surface area contributed by atoms with Gasteiger partial charge in [-0.1, -0.05) is 30.1 Å². The van der Waals surface area contributed by atoms with E-state index in [2.05, 4.69) is 18.0 Å². The van der Waals surface area contributed by atoms with E-state index in [1.54, 1.807) is 0 Å². The van der Waals surface area contributed by atoms with E-state index < -0.39 is 0 Å². The standard InChI is InChI=1S/C12H11Cl2N/c1-3-8-5-9-6-10(13)4-7(2)11(9)15-12(8)14/h4-6H,3H2,1-2H3. The molecule has 0 amide bonds. The van der Waals surface area contributed by atoms with Crippen LogP contribution in [0, 0.1) is 6.92 Å². The average molecular weight is 240 g/mol. The summed E-state index contributed by atoms with van der Waals surface area (Å²) in [7, 11) is 0. The van der Waals surface area contributed by atoms with Gasteiger partial charge in [0.05, 0.1) is 5.52 Å². The normalized spacial score (nSPS) is 10.9. The van der Waals surface area contributed by atoms with Crippen molar-refractivity contribution in [3.63, 3.8) is 0 Å². The van der Waals surface area contributed by atoms with Crippen molar-refractivity contribution in [1.29, 1.82) is 0 Å². The van der Waals surface area contributed by atoms with Crippen molar-refractivity contribution in [2.45, 2.75) is 20.3 Å². The first kappa shape index (κ1) is 10.7. The van der Waals surface area contributed by atoms with Gasteiger partial charge >= 0.3 is 0 Å². The Kier molecular flexibility index (Phi) is 2.85. The number of fused-ring (bicyclic) bond motifs is 1. The Morgan fingerprint density at radius 3 is 2.60 bits per heavy atom. The summed E-state index contributed by atoms with van der Waals surface area (Å²) in [6.07, 6.45) is 0.882. The van der Waals surface area contributed by atoms with Gasteiger partial charge in [-0.25, -0.2) is 4.98 Å². The predicted octanol–water partition coefficient (Wildman–Crippen LogP) is 4.41. The summed E-state index contributed by atoms with van der Waals surface area (Å²) in [5, 5.41) is 2.39. The minimum Gasteiger partial charge on any atom is -0.236 e. The zero-order chi connectivity index (χ0) is 11.0. The lowest BCUT2D eigenvalue weighted by atomic mass is 10.1. The fraction of sp³-hybridized carbons (Fsp3) is 0.250. The van der Waals surface area contributed by atoms with Crippen LogP contribution in [-0.2, 0) is 6.42 Å². The topological polar surface area (TPSA) is 12.9 Å². The SMILES string of the molecule is CCc1cc2cc(Cl)cc(C)c2nc1Cl. The second-order valence-electron chi connectivity index (χ2n) is 3.59. The molecule has 0 aliphatic rings. The van der Waals surface area contributed by atoms with Crippen LogP contribution in [0.25, 0.3) is 10.9 Å². The minimum atomic E-state index is 0.593. The van der Waals surface area contributed by atoms with Crippen LogP contribution >= 0.6 is 23.2 Å². The van der Waals surface area contributed by atoms with Crippen molar-refractivity contribution in [2.75, 3.05) is 0 Å². The number of hydrogen-bond acceptors (Lipinski definition) is 1. The third-order valence-electron chi connectivity index (χ3n) is 2.48. The number of aromatic nitrogens is 1. The van der Waals surface area contributed by atoms with Gasteiger partial charge in [-0.05, 0) is 42.7 Å². The van der Waals surface area contributed by atoms with Crippen molar-refractivity contribution in [3.8, 4) is 0 Å². The Balaban J connectivity index is 2.81. The fourth-order valence-corrected chi connectivity index (χ4v) is 2.24. The van der Waals surface area contributed by atoms with Crippen molar-refractivity contribution in [3.05, 3.63) is 39.5 Å². The molecule has 15 heavy (non-hydrogen) atoms. The summed E-state index contributed by atoms with van der Waals surface area (Å²) < 4.78 is 0. The van der Waals surface area contributed by atoms with E-state index in [4.69, 9.17) is 23.2 Å². The minimum absolute atomic E-state index is 0.593. The number of rotatable bonds is 1. The van der Waals surface area contributed by atoms with Gasteiger partial charge in [0.2, 0.25) is 0 Å². The molecule has 1 nitrogen and oxygen atoms in total. The molecule has 0 fully saturated rings. The summed E-state index contributed by atoms with van der Waals surface area (Å²) in [4.78, 5) is 4.39. The van der Waals surface area contributed by atoms with Crippen LogP contribution in [0.1, 0.15) is 18.1 Å². The molecule has 0 spiro atoms. The van der Waals surface area contributed by atoms with Crippen molar-refractivity contribution < 1.29 is 0 Å². The third kappa shape index (κ3) is 1.95. The number of nitrogens with zero attached hydrogens (tertiary/aromatic N) is 1. The molecule has 0 saturated heterocycles. The van der Waals surface area contributed by atoms with E-state index >= 15 is 0 Å². The first-order valence-corrected chi connectivity index (χ1v) is 5.62. The van der Waals surface area contributed by atoms with E-state index in [1.165, 1.54) is 0 Å². The maximum Gasteiger partial charge on any atom is 0.132 e. The molecule has 2 aromatic rings. The average Bonchev–Trinajstić information content (AvgIpc) is 2.18. The van der Waals surface area contributed by atoms with Crippen LogP contribution in [0.3, 0.4) is 0 Å². The van der Waals surface area contributed by atoms with E-state index in [0.717, 1.165) is 33.5 Å². The smallest absolute Gasteiger partial charge is 0.132 e. The Morgan fingerprint density at radius 1 is 1.20 bits per heavy atom. The van der Waals surface area contributed by atoms with E-state index in [1.807, 2.05) is 19.1 Å². The van der Waals surface area contributed by atoms with Crippen molar-refractivity contribution in [1.82, 2.24) is 4.98 Å². The summed E-state index contributed by atoms with van der Waals surface area (Å²) in [6.45, 7) is 4.05. The molecule has 0 N–H and O–H groups in total. The lowest BCUT2D eigenvalue weighted by Crippen LogP contribution is -1.90. The fourth-order valence-electron chi connectivity index (χ4n) is 1.69. The Bertz CT molecular complexity index is 521. The largest absolute Gasteiger partial charge is 0.236 e. The Labute approximate surface area is 99.0 Å². The maximum atomic E-state index is 6.07. The number of benzene rings is 1. The molecule has 78 valence electrons. The van der Waals surface area contributed by atoms with Crippen LogP contribution in [0.2, 0.25) is 10.2 Å². The van der Waals surface area contributed by atoms with Crippen LogP contribution in [0.15, 0.2) is 18.2 Å². The van der Waals surface area contributed by atoms with Crippen molar-refractivity contribution in [2.24, 2.45) is 0 Å². The highest BCUT2D eigenvalue weighted by Crippen LogP contribution is 2.26. The Hall–Kier alpha value is -0.790.